The molecule has 0 saturated heterocycles. The predicted molar refractivity (Wildman–Crippen MR) is 34.2 cm³/mol. The normalized spacial score (nSPS) is 8.38. The van der Waals surface area contributed by atoms with E-state index in [0.717, 1.165) is 0 Å². The quantitative estimate of drug-likeness (QED) is 0.524. The third-order valence-electron chi connectivity index (χ3n) is 0.583. The Morgan fingerprint density at radius 1 is 1.62 bits per heavy atom. The van der Waals surface area contributed by atoms with E-state index in [-0.39, 0.29) is 31.2 Å². The first-order valence-corrected chi connectivity index (χ1v) is 2.34. The Morgan fingerprint density at radius 3 is 2.00 bits per heavy atom. The van der Waals surface area contributed by atoms with Gasteiger partial charge in [-0.3, -0.25) is 4.79 Å². The van der Waals surface area contributed by atoms with Gasteiger partial charge < -0.3 is 5.11 Å². The van der Waals surface area contributed by atoms with Gasteiger partial charge in [-0.15, -0.1) is 0 Å². The van der Waals surface area contributed by atoms with Crippen LogP contribution < -0.4 is 0 Å². The molecule has 0 aromatic carbocycles. The third kappa shape index (κ3) is 9.42. The van der Waals surface area contributed by atoms with Crippen LogP contribution in [0.1, 0.15) is 20.3 Å². The second-order valence-electron chi connectivity index (χ2n) is 1.99. The van der Waals surface area contributed by atoms with Crippen molar-refractivity contribution in [3.8, 4) is 0 Å². The first-order valence-electron chi connectivity index (χ1n) is 2.34. The van der Waals surface area contributed by atoms with Gasteiger partial charge in [0.15, 0.2) is 0 Å². The predicted octanol–water partition coefficient (Wildman–Crippen LogP) is 0.469. The fourth-order valence-corrected chi connectivity index (χ4v) is 0.349. The molecule has 0 aliphatic heterocycles. The molecule has 0 aromatic heterocycles. The van der Waals surface area contributed by atoms with E-state index in [1.165, 1.54) is 0 Å². The number of carboxylic acids is 1. The zero-order chi connectivity index (χ0) is 5.86. The second kappa shape index (κ2) is 5.21. The topological polar surface area (TPSA) is 37.3 Å². The maximum atomic E-state index is 9.81. The minimum absolute atomic E-state index is 0. The van der Waals surface area contributed by atoms with Crippen LogP contribution in [-0.4, -0.2) is 29.9 Å². The van der Waals surface area contributed by atoms with Crippen LogP contribution in [0.2, 0.25) is 0 Å². The van der Waals surface area contributed by atoms with E-state index in [4.69, 9.17) is 5.11 Å². The van der Waals surface area contributed by atoms with Gasteiger partial charge in [0, 0.05) is 6.42 Å². The number of aliphatic carboxylic acids is 1. The first-order chi connectivity index (χ1) is 3.13. The summed E-state index contributed by atoms with van der Waals surface area (Å²) < 4.78 is 0. The van der Waals surface area contributed by atoms with Crippen LogP contribution in [-0.2, 0) is 4.79 Å². The van der Waals surface area contributed by atoms with Crippen LogP contribution in [0.5, 0.6) is 0 Å². The molecule has 0 rings (SSSR count). The van der Waals surface area contributed by atoms with Crippen LogP contribution in [0.25, 0.3) is 0 Å². The number of hydrogen-bond donors (Lipinski definition) is 1. The molecule has 3 heteroatoms. The summed E-state index contributed by atoms with van der Waals surface area (Å²) in [6.45, 7) is 3.77. The molecule has 0 saturated carbocycles. The fraction of sp³-hybridized carbons (Fsp3) is 0.800. The Bertz CT molecular complexity index is 70.8. The molecule has 1 N–H and O–H groups in total. The van der Waals surface area contributed by atoms with Crippen molar-refractivity contribution < 1.29 is 9.90 Å². The Labute approximate surface area is 61.5 Å². The molecular weight excluding hydrogens is 99.0 g/mol. The molecule has 8 heavy (non-hydrogen) atoms. The molecule has 2 nitrogen and oxygen atoms in total. The van der Waals surface area contributed by atoms with Gasteiger partial charge in [0.25, 0.3) is 0 Å². The van der Waals surface area contributed by atoms with E-state index in [9.17, 15) is 4.79 Å². The summed E-state index contributed by atoms with van der Waals surface area (Å²) in [6.07, 6.45) is 0.278. The van der Waals surface area contributed by atoms with E-state index in [2.05, 4.69) is 0 Å². The van der Waals surface area contributed by atoms with Crippen molar-refractivity contribution in [1.29, 1.82) is 0 Å². The van der Waals surface area contributed by atoms with Crippen LogP contribution in [0, 0.1) is 5.92 Å². The van der Waals surface area contributed by atoms with Crippen molar-refractivity contribution in [2.75, 3.05) is 0 Å². The fourth-order valence-electron chi connectivity index (χ4n) is 0.349. The molecule has 0 atom stereocenters. The van der Waals surface area contributed by atoms with Crippen LogP contribution in [0.3, 0.4) is 0 Å². The van der Waals surface area contributed by atoms with Crippen molar-refractivity contribution in [3.05, 3.63) is 0 Å². The van der Waals surface area contributed by atoms with Gasteiger partial charge in [-0.1, -0.05) is 13.8 Å². The molecule has 44 valence electrons. The summed E-state index contributed by atoms with van der Waals surface area (Å²) in [5.41, 5.74) is 0. The maximum absolute atomic E-state index is 9.81. The van der Waals surface area contributed by atoms with Crippen molar-refractivity contribution >= 4 is 24.8 Å². The minimum atomic E-state index is -0.713. The summed E-state index contributed by atoms with van der Waals surface area (Å²) in [5.74, 6) is -0.438. The Morgan fingerprint density at radius 2 is 2.00 bits per heavy atom. The van der Waals surface area contributed by atoms with Gasteiger partial charge in [-0.05, 0) is 5.92 Å². The SMILES string of the molecule is CC(C)CC(=O)O.[LiH]. The molecule has 0 heterocycles. The molecular formula is C5H11LiO2. The summed E-state index contributed by atoms with van der Waals surface area (Å²) in [5, 5.41) is 8.08. The molecule has 0 fully saturated rings. The molecule has 0 amide bonds. The molecule has 0 aromatic rings. The molecule has 0 bridgehead atoms. The van der Waals surface area contributed by atoms with Crippen LogP contribution in [0.4, 0.5) is 0 Å². The standard InChI is InChI=1S/C5H10O2.Li.H/c1-4(2)3-5(6)7;;/h4H,3H2,1-2H3,(H,6,7);;. The summed E-state index contributed by atoms with van der Waals surface area (Å²) >= 11 is 0. The van der Waals surface area contributed by atoms with Crippen LogP contribution >= 0.6 is 0 Å². The average molecular weight is 110 g/mol. The van der Waals surface area contributed by atoms with E-state index in [1.54, 1.807) is 0 Å². The third-order valence-corrected chi connectivity index (χ3v) is 0.583. The van der Waals surface area contributed by atoms with Gasteiger partial charge in [0.05, 0.1) is 0 Å². The summed E-state index contributed by atoms with van der Waals surface area (Å²) in [4.78, 5) is 9.81. The van der Waals surface area contributed by atoms with E-state index in [0.29, 0.717) is 0 Å². The van der Waals surface area contributed by atoms with Gasteiger partial charge in [0.1, 0.15) is 0 Å². The van der Waals surface area contributed by atoms with E-state index in [1.807, 2.05) is 13.8 Å². The first kappa shape index (κ1) is 10.9. The number of hydrogen-bond acceptors (Lipinski definition) is 1. The molecule has 0 radical (unpaired) electrons. The van der Waals surface area contributed by atoms with Crippen molar-refractivity contribution in [1.82, 2.24) is 0 Å². The molecule has 0 unspecified atom stereocenters. The van der Waals surface area contributed by atoms with E-state index >= 15 is 0 Å². The monoisotopic (exact) mass is 110 g/mol. The number of carboxylic acid groups (broad SMARTS) is 1. The summed E-state index contributed by atoms with van der Waals surface area (Å²) in [6, 6.07) is 0. The van der Waals surface area contributed by atoms with Gasteiger partial charge in [-0.2, -0.15) is 0 Å². The molecule has 0 spiro atoms. The molecule has 0 aliphatic rings. The average Bonchev–Trinajstić information content (AvgIpc) is 1.27. The number of rotatable bonds is 2. The van der Waals surface area contributed by atoms with Crippen LogP contribution in [0.15, 0.2) is 0 Å². The second-order valence-corrected chi connectivity index (χ2v) is 1.99. The van der Waals surface area contributed by atoms with Crippen molar-refractivity contribution in [3.63, 3.8) is 0 Å². The zero-order valence-electron chi connectivity index (χ0n) is 4.64. The van der Waals surface area contributed by atoms with Crippen molar-refractivity contribution in [2.45, 2.75) is 20.3 Å². The summed E-state index contributed by atoms with van der Waals surface area (Å²) in [7, 11) is 0. The molecule has 0 aliphatic carbocycles. The van der Waals surface area contributed by atoms with Gasteiger partial charge >= 0.3 is 24.8 Å². The Balaban J connectivity index is 0. The number of carbonyl (C=O) groups is 1. The van der Waals surface area contributed by atoms with Gasteiger partial charge in [-0.25, -0.2) is 0 Å². The van der Waals surface area contributed by atoms with Gasteiger partial charge in [0.2, 0.25) is 0 Å². The zero-order valence-corrected chi connectivity index (χ0v) is 4.64. The van der Waals surface area contributed by atoms with Crippen molar-refractivity contribution in [2.24, 2.45) is 5.92 Å². The Kier molecular flexibility index (Phi) is 7.13. The van der Waals surface area contributed by atoms with E-state index < -0.39 is 5.97 Å². The Hall–Kier alpha value is 0.0674.